The Labute approximate surface area is 150 Å². The van der Waals surface area contributed by atoms with Gasteiger partial charge in [0.15, 0.2) is 0 Å². The van der Waals surface area contributed by atoms with Crippen molar-refractivity contribution in [3.8, 4) is 0 Å². The van der Waals surface area contributed by atoms with Crippen LogP contribution in [0.2, 0.25) is 0 Å². The summed E-state index contributed by atoms with van der Waals surface area (Å²) >= 11 is 1.41. The molecule has 2 heterocycles. The highest BCUT2D eigenvalue weighted by molar-refractivity contribution is 7.91. The molecule has 3 rings (SSSR count). The van der Waals surface area contributed by atoms with Crippen LogP contribution in [0.5, 0.6) is 0 Å². The Morgan fingerprint density at radius 2 is 1.92 bits per heavy atom. The largest absolute Gasteiger partial charge is 0.300 e. The first kappa shape index (κ1) is 18.1. The van der Waals surface area contributed by atoms with Crippen molar-refractivity contribution in [3.63, 3.8) is 0 Å². The lowest BCUT2D eigenvalue weighted by molar-refractivity contribution is 0.189. The van der Waals surface area contributed by atoms with Crippen LogP contribution in [0.15, 0.2) is 28.0 Å². The van der Waals surface area contributed by atoms with Gasteiger partial charge < -0.3 is 4.90 Å². The number of rotatable bonds is 6. The average molecular weight is 369 g/mol. The van der Waals surface area contributed by atoms with Crippen LogP contribution >= 0.6 is 11.3 Å². The Balaban J connectivity index is 1.51. The fourth-order valence-electron chi connectivity index (χ4n) is 3.44. The maximum absolute atomic E-state index is 12.7. The van der Waals surface area contributed by atoms with Crippen LogP contribution in [0.3, 0.4) is 0 Å². The van der Waals surface area contributed by atoms with Gasteiger partial charge in [0.1, 0.15) is 4.21 Å². The zero-order valence-corrected chi connectivity index (χ0v) is 16.2. The minimum atomic E-state index is -3.30. The van der Waals surface area contributed by atoms with Gasteiger partial charge in [0.05, 0.1) is 0 Å². The van der Waals surface area contributed by atoms with Crippen molar-refractivity contribution in [2.75, 3.05) is 32.7 Å². The van der Waals surface area contributed by atoms with Crippen molar-refractivity contribution in [1.82, 2.24) is 9.21 Å². The molecule has 0 amide bonds. The molecule has 4 nitrogen and oxygen atoms in total. The molecule has 1 saturated heterocycles. The van der Waals surface area contributed by atoms with E-state index in [0.717, 1.165) is 37.4 Å². The number of hydrogen-bond acceptors (Lipinski definition) is 4. The van der Waals surface area contributed by atoms with Crippen LogP contribution in [0.4, 0.5) is 0 Å². The quantitative estimate of drug-likeness (QED) is 0.722. The molecule has 1 aliphatic carbocycles. The molecular formula is C18H28N2O2S2. The summed E-state index contributed by atoms with van der Waals surface area (Å²) < 4.78 is 27.6. The van der Waals surface area contributed by atoms with Crippen molar-refractivity contribution < 1.29 is 8.42 Å². The highest BCUT2D eigenvalue weighted by atomic mass is 32.2. The van der Waals surface area contributed by atoms with Crippen LogP contribution in [0.25, 0.3) is 0 Å². The third-order valence-electron chi connectivity index (χ3n) is 5.05. The van der Waals surface area contributed by atoms with Crippen LogP contribution in [-0.4, -0.2) is 50.3 Å². The first-order chi connectivity index (χ1) is 11.6. The predicted molar refractivity (Wildman–Crippen MR) is 100 cm³/mol. The number of aryl methyl sites for hydroxylation is 1. The van der Waals surface area contributed by atoms with Gasteiger partial charge in [-0.3, -0.25) is 0 Å². The first-order valence-electron chi connectivity index (χ1n) is 9.08. The average Bonchev–Trinajstić information content (AvgIpc) is 3.11. The highest BCUT2D eigenvalue weighted by Crippen LogP contribution is 2.26. The van der Waals surface area contributed by atoms with Gasteiger partial charge in [0.2, 0.25) is 0 Å². The molecule has 0 bridgehead atoms. The molecule has 0 saturated carbocycles. The molecule has 6 heteroatoms. The van der Waals surface area contributed by atoms with Gasteiger partial charge in [-0.2, -0.15) is 4.31 Å². The first-order valence-corrected chi connectivity index (χ1v) is 11.3. The van der Waals surface area contributed by atoms with E-state index in [1.807, 2.05) is 6.07 Å². The van der Waals surface area contributed by atoms with Crippen molar-refractivity contribution in [2.24, 2.45) is 0 Å². The lowest BCUT2D eigenvalue weighted by atomic mass is 9.97. The van der Waals surface area contributed by atoms with Crippen LogP contribution < -0.4 is 0 Å². The molecule has 24 heavy (non-hydrogen) atoms. The molecule has 1 aromatic rings. The Morgan fingerprint density at radius 1 is 1.12 bits per heavy atom. The Hall–Kier alpha value is -0.690. The van der Waals surface area contributed by atoms with E-state index >= 15 is 0 Å². The molecule has 1 aliphatic heterocycles. The fourth-order valence-corrected chi connectivity index (χ4v) is 6.31. The minimum Gasteiger partial charge on any atom is -0.300 e. The van der Waals surface area contributed by atoms with E-state index in [-0.39, 0.29) is 0 Å². The van der Waals surface area contributed by atoms with E-state index in [2.05, 4.69) is 17.9 Å². The zero-order valence-electron chi connectivity index (χ0n) is 14.5. The Bertz CT molecular complexity index is 671. The number of nitrogens with zero attached hydrogens (tertiary/aromatic N) is 2. The number of sulfonamides is 1. The van der Waals surface area contributed by atoms with E-state index in [0.29, 0.717) is 17.3 Å². The molecular weight excluding hydrogens is 340 g/mol. The Kier molecular flexibility index (Phi) is 6.13. The number of allylic oxidation sites excluding steroid dienone is 1. The summed E-state index contributed by atoms with van der Waals surface area (Å²) in [5.74, 6) is 0. The van der Waals surface area contributed by atoms with Crippen LogP contribution in [0.1, 0.15) is 43.9 Å². The molecule has 0 unspecified atom stereocenters. The smallest absolute Gasteiger partial charge is 0.252 e. The van der Waals surface area contributed by atoms with Crippen molar-refractivity contribution in [1.29, 1.82) is 0 Å². The summed E-state index contributed by atoms with van der Waals surface area (Å²) in [5, 5.41) is 0. The lowest BCUT2D eigenvalue weighted by Gasteiger charge is -2.34. The fraction of sp³-hybridized carbons (Fsp3) is 0.667. The second-order valence-corrected chi connectivity index (χ2v) is 10.0. The lowest BCUT2D eigenvalue weighted by Crippen LogP contribution is -2.48. The maximum Gasteiger partial charge on any atom is 0.252 e. The summed E-state index contributed by atoms with van der Waals surface area (Å²) in [7, 11) is -3.30. The molecule has 0 atom stereocenters. The van der Waals surface area contributed by atoms with Crippen LogP contribution in [0, 0.1) is 0 Å². The molecule has 0 radical (unpaired) electrons. The van der Waals surface area contributed by atoms with Crippen molar-refractivity contribution >= 4 is 21.4 Å². The summed E-state index contributed by atoms with van der Waals surface area (Å²) in [6, 6.07) is 3.70. The zero-order chi connectivity index (χ0) is 17.0. The second kappa shape index (κ2) is 8.13. The van der Waals surface area contributed by atoms with E-state index in [4.69, 9.17) is 0 Å². The predicted octanol–water partition coefficient (Wildman–Crippen LogP) is 3.51. The number of piperazine rings is 1. The van der Waals surface area contributed by atoms with Gasteiger partial charge >= 0.3 is 0 Å². The summed E-state index contributed by atoms with van der Waals surface area (Å²) in [5.41, 5.74) is 1.60. The van der Waals surface area contributed by atoms with Crippen molar-refractivity contribution in [3.05, 3.63) is 28.7 Å². The molecule has 0 aromatic carbocycles. The van der Waals surface area contributed by atoms with Gasteiger partial charge in [-0.1, -0.05) is 18.6 Å². The van der Waals surface area contributed by atoms with Gasteiger partial charge in [-0.15, -0.1) is 11.3 Å². The van der Waals surface area contributed by atoms with E-state index < -0.39 is 10.0 Å². The third kappa shape index (κ3) is 4.28. The monoisotopic (exact) mass is 368 g/mol. The van der Waals surface area contributed by atoms with Gasteiger partial charge in [0.25, 0.3) is 10.0 Å². The molecule has 0 N–H and O–H groups in total. The molecule has 1 fully saturated rings. The topological polar surface area (TPSA) is 40.6 Å². The second-order valence-electron chi connectivity index (χ2n) is 6.68. The van der Waals surface area contributed by atoms with E-state index in [1.165, 1.54) is 37.0 Å². The minimum absolute atomic E-state index is 0.500. The summed E-state index contributed by atoms with van der Waals surface area (Å²) in [6.45, 7) is 6.04. The molecule has 1 aromatic heterocycles. The number of hydrogen-bond donors (Lipinski definition) is 0. The van der Waals surface area contributed by atoms with Crippen LogP contribution in [-0.2, 0) is 16.4 Å². The summed E-state index contributed by atoms with van der Waals surface area (Å²) in [6.07, 6.45) is 9.61. The SMILES string of the molecule is CCc1ccc(S(=O)(=O)N2CCN(CCC3=CCCCC3)CC2)s1. The third-order valence-corrected chi connectivity index (χ3v) is 8.64. The Morgan fingerprint density at radius 3 is 2.54 bits per heavy atom. The van der Waals surface area contributed by atoms with E-state index in [1.54, 1.807) is 15.9 Å². The number of thiophene rings is 1. The normalized spacial score (nSPS) is 21.0. The standard InChI is InChI=1S/C18H28N2O2S2/c1-2-17-8-9-18(23-17)24(21,22)20-14-12-19(13-15-20)11-10-16-6-4-3-5-7-16/h6,8-9H,2-5,7,10-15H2,1H3. The van der Waals surface area contributed by atoms with Crippen molar-refractivity contribution in [2.45, 2.75) is 49.7 Å². The molecule has 2 aliphatic rings. The van der Waals surface area contributed by atoms with E-state index in [9.17, 15) is 8.42 Å². The van der Waals surface area contributed by atoms with Gasteiger partial charge in [-0.25, -0.2) is 8.42 Å². The molecule has 134 valence electrons. The van der Waals surface area contributed by atoms with Gasteiger partial charge in [0, 0.05) is 37.6 Å². The van der Waals surface area contributed by atoms with Gasteiger partial charge in [-0.05, 0) is 50.7 Å². The highest BCUT2D eigenvalue weighted by Gasteiger charge is 2.29. The summed E-state index contributed by atoms with van der Waals surface area (Å²) in [4.78, 5) is 3.54. The maximum atomic E-state index is 12.7. The molecule has 0 spiro atoms.